The van der Waals surface area contributed by atoms with Gasteiger partial charge < -0.3 is 25.1 Å². The predicted octanol–water partition coefficient (Wildman–Crippen LogP) is 2.85. The third kappa shape index (κ3) is 4.98. The molecule has 4 fully saturated rings. The molecule has 1 saturated carbocycles. The van der Waals surface area contributed by atoms with Gasteiger partial charge in [-0.05, 0) is 24.8 Å². The number of halogens is 2. The molecule has 2 amide bonds. The molecule has 0 bridgehead atoms. The van der Waals surface area contributed by atoms with E-state index in [0.717, 1.165) is 37.8 Å². The van der Waals surface area contributed by atoms with E-state index in [1.807, 2.05) is 28.0 Å². The number of anilines is 1. The topological polar surface area (TPSA) is 93.9 Å². The summed E-state index contributed by atoms with van der Waals surface area (Å²) in [7, 11) is 0. The third-order valence-electron chi connectivity index (χ3n) is 9.57. The zero-order valence-corrected chi connectivity index (χ0v) is 22.8. The van der Waals surface area contributed by atoms with Crippen molar-refractivity contribution in [2.45, 2.75) is 62.6 Å². The molecule has 11 heteroatoms. The number of hydrogen-bond donors (Lipinski definition) is 2. The molecule has 3 aliphatic heterocycles. The summed E-state index contributed by atoms with van der Waals surface area (Å²) in [5.41, 5.74) is -0.977. The summed E-state index contributed by atoms with van der Waals surface area (Å²) in [6.45, 7) is 2.65. The Morgan fingerprint density at radius 2 is 1.82 bits per heavy atom. The Balaban J connectivity index is 1.20. The molecule has 2 aromatic rings. The number of benzene rings is 1. The van der Waals surface area contributed by atoms with Crippen LogP contribution in [0, 0.1) is 5.41 Å². The minimum Gasteiger partial charge on any atom is -0.387 e. The molecule has 2 atom stereocenters. The lowest BCUT2D eigenvalue weighted by molar-refractivity contribution is -0.137. The van der Waals surface area contributed by atoms with Crippen molar-refractivity contribution in [3.8, 4) is 0 Å². The van der Waals surface area contributed by atoms with Crippen molar-refractivity contribution in [3.63, 3.8) is 0 Å². The zero-order chi connectivity index (χ0) is 28.0. The van der Waals surface area contributed by atoms with Crippen LogP contribution < -0.4 is 15.8 Å². The molecule has 9 nitrogen and oxygen atoms in total. The molecule has 216 valence electrons. The van der Waals surface area contributed by atoms with Gasteiger partial charge in [0.1, 0.15) is 5.82 Å². The van der Waals surface area contributed by atoms with Crippen molar-refractivity contribution in [2.24, 2.45) is 5.41 Å². The van der Waals surface area contributed by atoms with Crippen LogP contribution in [0.15, 0.2) is 47.5 Å². The maximum absolute atomic E-state index is 13.9. The second-order valence-corrected chi connectivity index (χ2v) is 12.0. The molecule has 1 spiro atoms. The fourth-order valence-electron chi connectivity index (χ4n) is 7.27. The second kappa shape index (κ2) is 10.4. The number of aromatic nitrogens is 2. The maximum atomic E-state index is 13.9. The predicted molar refractivity (Wildman–Crippen MR) is 146 cm³/mol. The van der Waals surface area contributed by atoms with E-state index in [-0.39, 0.29) is 43.0 Å². The summed E-state index contributed by atoms with van der Waals surface area (Å²) in [6.07, 6.45) is 4.94. The zero-order valence-electron chi connectivity index (χ0n) is 22.8. The number of hydrogen-bond acceptors (Lipinski definition) is 6. The lowest BCUT2D eigenvalue weighted by atomic mass is 9.66. The van der Waals surface area contributed by atoms with Crippen LogP contribution in [0.2, 0.25) is 0 Å². The molecular weight excluding hydrogens is 518 g/mol. The molecule has 3 saturated heterocycles. The van der Waals surface area contributed by atoms with Gasteiger partial charge in [0.15, 0.2) is 0 Å². The number of carbonyl (C=O) groups is 1. The molecule has 4 heterocycles. The fourth-order valence-corrected chi connectivity index (χ4v) is 7.27. The van der Waals surface area contributed by atoms with Gasteiger partial charge in [-0.3, -0.25) is 9.36 Å². The number of urea groups is 1. The number of piperidine rings is 1. The Morgan fingerprint density at radius 3 is 2.52 bits per heavy atom. The average Bonchev–Trinajstić information content (AvgIpc) is 3.58. The highest BCUT2D eigenvalue weighted by atomic mass is 19.3. The maximum Gasteiger partial charge on any atom is 0.320 e. The smallest absolute Gasteiger partial charge is 0.320 e. The highest BCUT2D eigenvalue weighted by molar-refractivity contribution is 5.75. The Hall–Kier alpha value is -3.05. The van der Waals surface area contributed by atoms with Crippen molar-refractivity contribution in [2.75, 3.05) is 50.7 Å². The Labute approximate surface area is 232 Å². The third-order valence-corrected chi connectivity index (χ3v) is 9.57. The van der Waals surface area contributed by atoms with Crippen LogP contribution >= 0.6 is 0 Å². The SMILES string of the molecule is O=C(N1CC[C@@](O)(Cn2cnc(N3CCC(F)(F)C3)cc2=O)C2(CCCC2)C1)N1CCNC[C@H]1c1ccccc1. The molecule has 2 N–H and O–H groups in total. The fraction of sp³-hybridized carbons (Fsp3) is 0.621. The number of rotatable bonds is 4. The summed E-state index contributed by atoms with van der Waals surface area (Å²) < 4.78 is 28.8. The van der Waals surface area contributed by atoms with E-state index in [1.165, 1.54) is 21.9 Å². The van der Waals surface area contributed by atoms with E-state index < -0.39 is 23.5 Å². The van der Waals surface area contributed by atoms with Crippen LogP contribution in [0.4, 0.5) is 19.4 Å². The Morgan fingerprint density at radius 1 is 1.05 bits per heavy atom. The summed E-state index contributed by atoms with van der Waals surface area (Å²) in [5, 5.41) is 15.5. The van der Waals surface area contributed by atoms with Gasteiger partial charge in [-0.15, -0.1) is 0 Å². The highest BCUT2D eigenvalue weighted by Crippen LogP contribution is 2.51. The van der Waals surface area contributed by atoms with Gasteiger partial charge in [0.2, 0.25) is 0 Å². The van der Waals surface area contributed by atoms with E-state index in [0.29, 0.717) is 32.6 Å². The quantitative estimate of drug-likeness (QED) is 0.602. The van der Waals surface area contributed by atoms with Gasteiger partial charge in [-0.25, -0.2) is 18.6 Å². The molecular formula is C29H38F2N6O3. The number of alkyl halides is 2. The monoisotopic (exact) mass is 556 g/mol. The van der Waals surface area contributed by atoms with Crippen LogP contribution in [0.5, 0.6) is 0 Å². The minimum atomic E-state index is -2.78. The van der Waals surface area contributed by atoms with Gasteiger partial charge in [-0.2, -0.15) is 0 Å². The van der Waals surface area contributed by atoms with Gasteiger partial charge in [-0.1, -0.05) is 43.2 Å². The first-order chi connectivity index (χ1) is 19.2. The van der Waals surface area contributed by atoms with Gasteiger partial charge >= 0.3 is 6.03 Å². The van der Waals surface area contributed by atoms with E-state index in [1.54, 1.807) is 0 Å². The lowest BCUT2D eigenvalue weighted by Crippen LogP contribution is -2.64. The molecule has 6 rings (SSSR count). The van der Waals surface area contributed by atoms with Crippen molar-refractivity contribution in [1.82, 2.24) is 24.7 Å². The number of nitrogens with zero attached hydrogens (tertiary/aromatic N) is 5. The van der Waals surface area contributed by atoms with Crippen molar-refractivity contribution in [1.29, 1.82) is 0 Å². The van der Waals surface area contributed by atoms with E-state index in [2.05, 4.69) is 22.4 Å². The van der Waals surface area contributed by atoms with Crippen molar-refractivity contribution < 1.29 is 18.7 Å². The Kier molecular flexibility index (Phi) is 7.06. The first-order valence-electron chi connectivity index (χ1n) is 14.4. The van der Waals surface area contributed by atoms with E-state index in [9.17, 15) is 23.5 Å². The van der Waals surface area contributed by atoms with Crippen LogP contribution in [-0.2, 0) is 6.54 Å². The molecule has 4 aliphatic rings. The average molecular weight is 557 g/mol. The van der Waals surface area contributed by atoms with E-state index in [4.69, 9.17) is 0 Å². The summed E-state index contributed by atoms with van der Waals surface area (Å²) in [4.78, 5) is 36.6. The summed E-state index contributed by atoms with van der Waals surface area (Å²) in [5.74, 6) is -2.54. The first kappa shape index (κ1) is 27.1. The van der Waals surface area contributed by atoms with Crippen LogP contribution in [0.1, 0.15) is 50.1 Å². The van der Waals surface area contributed by atoms with Crippen molar-refractivity contribution >= 4 is 11.8 Å². The molecule has 1 aromatic heterocycles. The Bertz CT molecular complexity index is 1280. The molecule has 1 aliphatic carbocycles. The normalized spacial score (nSPS) is 27.9. The first-order valence-corrected chi connectivity index (χ1v) is 14.4. The van der Waals surface area contributed by atoms with Crippen molar-refractivity contribution in [3.05, 3.63) is 58.6 Å². The lowest BCUT2D eigenvalue weighted by Gasteiger charge is -2.53. The van der Waals surface area contributed by atoms with Crippen LogP contribution in [0.3, 0.4) is 0 Å². The second-order valence-electron chi connectivity index (χ2n) is 12.0. The molecule has 40 heavy (non-hydrogen) atoms. The molecule has 0 unspecified atom stereocenters. The summed E-state index contributed by atoms with van der Waals surface area (Å²) >= 11 is 0. The molecule has 0 radical (unpaired) electrons. The largest absolute Gasteiger partial charge is 0.387 e. The number of piperazine rings is 1. The molecule has 1 aromatic carbocycles. The number of amides is 2. The number of carbonyl (C=O) groups excluding carboxylic acids is 1. The minimum absolute atomic E-state index is 0.00530. The number of nitrogens with one attached hydrogen (secondary N) is 1. The van der Waals surface area contributed by atoms with Crippen LogP contribution in [-0.4, -0.2) is 87.8 Å². The standard InChI is InChI=1S/C29H38F2N6O3/c30-29(31)11-14-34(20-29)24-16-25(38)36(21-33-24)19-28(40)10-13-35(18-27(28)8-4-5-9-27)26(39)37-15-12-32-17-23(37)22-6-2-1-3-7-22/h1-3,6-7,16,21,23,32,40H,4-5,8-15,17-20H2/t23-,28+/m0/s1. The van der Waals surface area contributed by atoms with Gasteiger partial charge in [0.25, 0.3) is 11.5 Å². The van der Waals surface area contributed by atoms with E-state index >= 15 is 0 Å². The van der Waals surface area contributed by atoms with Gasteiger partial charge in [0.05, 0.1) is 31.1 Å². The number of aliphatic hydroxyl groups is 1. The number of likely N-dealkylation sites (tertiary alicyclic amines) is 1. The van der Waals surface area contributed by atoms with Crippen LogP contribution in [0.25, 0.3) is 0 Å². The van der Waals surface area contributed by atoms with Gasteiger partial charge in [0, 0.05) is 57.2 Å². The summed E-state index contributed by atoms with van der Waals surface area (Å²) in [6, 6.07) is 11.3. The highest BCUT2D eigenvalue weighted by Gasteiger charge is 2.56.